The molecule has 0 fully saturated rings. The molecule has 2 N–H and O–H groups in total. The lowest BCUT2D eigenvalue weighted by Gasteiger charge is -2.03. The van der Waals surface area contributed by atoms with Gasteiger partial charge in [0.25, 0.3) is 5.91 Å². The first-order valence-electron chi connectivity index (χ1n) is 6.46. The molecule has 1 heterocycles. The standard InChI is InChI=1S/C16H16N2O3/c1-11-3-8-14(21-11)9-10-15(19)18-13-6-4-12(5-7-13)16(20)17-2/h3-10H,1-2H3,(H,17,20)(H,18,19). The molecule has 0 radical (unpaired) electrons. The zero-order valence-electron chi connectivity index (χ0n) is 11.8. The maximum atomic E-state index is 11.7. The molecule has 5 nitrogen and oxygen atoms in total. The number of carbonyl (C=O) groups is 2. The Kier molecular flexibility index (Phi) is 4.56. The molecular formula is C16H16N2O3. The summed E-state index contributed by atoms with van der Waals surface area (Å²) in [7, 11) is 1.57. The largest absolute Gasteiger partial charge is 0.462 e. The zero-order chi connectivity index (χ0) is 15.2. The van der Waals surface area contributed by atoms with E-state index in [1.54, 1.807) is 43.5 Å². The molecule has 1 aromatic carbocycles. The highest BCUT2D eigenvalue weighted by Crippen LogP contribution is 2.11. The molecule has 2 amide bonds. The van der Waals surface area contributed by atoms with Gasteiger partial charge in [-0.25, -0.2) is 0 Å². The lowest BCUT2D eigenvalue weighted by molar-refractivity contribution is -0.111. The van der Waals surface area contributed by atoms with Gasteiger partial charge < -0.3 is 15.1 Å². The van der Waals surface area contributed by atoms with Gasteiger partial charge in [-0.15, -0.1) is 0 Å². The van der Waals surface area contributed by atoms with Crippen molar-refractivity contribution in [3.8, 4) is 0 Å². The summed E-state index contributed by atoms with van der Waals surface area (Å²) in [4.78, 5) is 23.1. The molecule has 0 bridgehead atoms. The molecule has 5 heteroatoms. The number of benzene rings is 1. The van der Waals surface area contributed by atoms with Gasteiger partial charge in [-0.1, -0.05) is 0 Å². The topological polar surface area (TPSA) is 71.3 Å². The molecule has 1 aromatic heterocycles. The van der Waals surface area contributed by atoms with Gasteiger partial charge in [-0.3, -0.25) is 9.59 Å². The normalized spacial score (nSPS) is 10.6. The SMILES string of the molecule is CNC(=O)c1ccc(NC(=O)C=Cc2ccc(C)o2)cc1. The first-order chi connectivity index (χ1) is 10.1. The fourth-order valence-electron chi connectivity index (χ4n) is 1.73. The molecule has 0 saturated heterocycles. The fraction of sp³-hybridized carbons (Fsp3) is 0.125. The van der Waals surface area contributed by atoms with Crippen LogP contribution in [0.3, 0.4) is 0 Å². The molecule has 0 aliphatic carbocycles. The second-order valence-electron chi connectivity index (χ2n) is 4.43. The Balaban J connectivity index is 1.96. The Morgan fingerprint density at radius 1 is 1.10 bits per heavy atom. The predicted octanol–water partition coefficient (Wildman–Crippen LogP) is 2.60. The number of furan rings is 1. The number of hydrogen-bond donors (Lipinski definition) is 2. The number of rotatable bonds is 4. The second-order valence-corrected chi connectivity index (χ2v) is 4.43. The Bertz CT molecular complexity index is 669. The molecule has 0 atom stereocenters. The van der Waals surface area contributed by atoms with Gasteiger partial charge in [0, 0.05) is 24.4 Å². The Hall–Kier alpha value is -2.82. The maximum absolute atomic E-state index is 11.7. The highest BCUT2D eigenvalue weighted by molar-refractivity contribution is 6.02. The average Bonchev–Trinajstić information content (AvgIpc) is 2.91. The minimum atomic E-state index is -0.267. The molecule has 21 heavy (non-hydrogen) atoms. The van der Waals surface area contributed by atoms with Crippen LogP contribution in [0.15, 0.2) is 46.9 Å². The summed E-state index contributed by atoms with van der Waals surface area (Å²) in [5, 5.41) is 5.24. The number of aryl methyl sites for hydroxylation is 1. The van der Waals surface area contributed by atoms with Crippen molar-refractivity contribution < 1.29 is 14.0 Å². The number of anilines is 1. The van der Waals surface area contributed by atoms with Crippen LogP contribution in [0.25, 0.3) is 6.08 Å². The van der Waals surface area contributed by atoms with Crippen molar-refractivity contribution in [2.45, 2.75) is 6.92 Å². The van der Waals surface area contributed by atoms with E-state index in [0.29, 0.717) is 17.0 Å². The molecule has 0 unspecified atom stereocenters. The van der Waals surface area contributed by atoms with Crippen LogP contribution in [-0.2, 0) is 4.79 Å². The summed E-state index contributed by atoms with van der Waals surface area (Å²) >= 11 is 0. The smallest absolute Gasteiger partial charge is 0.251 e. The lowest BCUT2D eigenvalue weighted by atomic mass is 10.2. The first kappa shape index (κ1) is 14.6. The third-order valence-electron chi connectivity index (χ3n) is 2.80. The number of hydrogen-bond acceptors (Lipinski definition) is 3. The van der Waals surface area contributed by atoms with E-state index in [4.69, 9.17) is 4.42 Å². The van der Waals surface area contributed by atoms with Crippen LogP contribution in [-0.4, -0.2) is 18.9 Å². The molecule has 0 spiro atoms. The van der Waals surface area contributed by atoms with Crippen LogP contribution < -0.4 is 10.6 Å². The van der Waals surface area contributed by atoms with E-state index in [1.807, 2.05) is 13.0 Å². The monoisotopic (exact) mass is 284 g/mol. The third kappa shape index (κ3) is 4.07. The van der Waals surface area contributed by atoms with Crippen LogP contribution in [0.1, 0.15) is 21.9 Å². The summed E-state index contributed by atoms with van der Waals surface area (Å²) in [5.41, 5.74) is 1.16. The second kappa shape index (κ2) is 6.56. The van der Waals surface area contributed by atoms with Crippen molar-refractivity contribution in [1.82, 2.24) is 5.32 Å². The highest BCUT2D eigenvalue weighted by atomic mass is 16.3. The average molecular weight is 284 g/mol. The van der Waals surface area contributed by atoms with Crippen LogP contribution in [0.2, 0.25) is 0 Å². The first-order valence-corrected chi connectivity index (χ1v) is 6.46. The zero-order valence-corrected chi connectivity index (χ0v) is 11.8. The van der Waals surface area contributed by atoms with Gasteiger partial charge in [0.15, 0.2) is 0 Å². The Morgan fingerprint density at radius 3 is 2.38 bits per heavy atom. The Morgan fingerprint density at radius 2 is 1.81 bits per heavy atom. The van der Waals surface area contributed by atoms with Crippen LogP contribution in [0, 0.1) is 6.92 Å². The maximum Gasteiger partial charge on any atom is 0.251 e. The summed E-state index contributed by atoms with van der Waals surface area (Å²) < 4.78 is 5.33. The molecule has 0 aliphatic rings. The van der Waals surface area contributed by atoms with Gasteiger partial charge in [0.2, 0.25) is 5.91 Å². The van der Waals surface area contributed by atoms with E-state index < -0.39 is 0 Å². The van der Waals surface area contributed by atoms with Crippen LogP contribution in [0.5, 0.6) is 0 Å². The molecular weight excluding hydrogens is 268 g/mol. The Labute approximate surface area is 122 Å². The van der Waals surface area contributed by atoms with Crippen LogP contribution >= 0.6 is 0 Å². The van der Waals surface area contributed by atoms with Gasteiger partial charge in [0.05, 0.1) is 0 Å². The summed E-state index contributed by atoms with van der Waals surface area (Å²) in [6.45, 7) is 1.84. The molecule has 2 rings (SSSR count). The van der Waals surface area contributed by atoms with E-state index in [2.05, 4.69) is 10.6 Å². The van der Waals surface area contributed by atoms with Crippen molar-refractivity contribution in [2.24, 2.45) is 0 Å². The summed E-state index contributed by atoms with van der Waals surface area (Å²) in [6.07, 6.45) is 2.99. The van der Waals surface area contributed by atoms with E-state index in [0.717, 1.165) is 5.76 Å². The lowest BCUT2D eigenvalue weighted by Crippen LogP contribution is -2.17. The van der Waals surface area contributed by atoms with E-state index in [9.17, 15) is 9.59 Å². The van der Waals surface area contributed by atoms with Crippen molar-refractivity contribution in [2.75, 3.05) is 12.4 Å². The van der Waals surface area contributed by atoms with Gasteiger partial charge in [-0.2, -0.15) is 0 Å². The van der Waals surface area contributed by atoms with E-state index in [1.165, 1.54) is 6.08 Å². The highest BCUT2D eigenvalue weighted by Gasteiger charge is 2.03. The van der Waals surface area contributed by atoms with Gasteiger partial charge in [-0.05, 0) is 49.4 Å². The van der Waals surface area contributed by atoms with Crippen LogP contribution in [0.4, 0.5) is 5.69 Å². The minimum Gasteiger partial charge on any atom is -0.462 e. The molecule has 0 saturated carbocycles. The summed E-state index contributed by atoms with van der Waals surface area (Å²) in [6, 6.07) is 10.3. The quantitative estimate of drug-likeness (QED) is 0.848. The number of nitrogens with one attached hydrogen (secondary N) is 2. The van der Waals surface area contributed by atoms with Crippen molar-refractivity contribution >= 4 is 23.6 Å². The van der Waals surface area contributed by atoms with Crippen molar-refractivity contribution in [1.29, 1.82) is 0 Å². The number of amides is 2. The fourth-order valence-corrected chi connectivity index (χ4v) is 1.73. The molecule has 2 aromatic rings. The van der Waals surface area contributed by atoms with E-state index >= 15 is 0 Å². The van der Waals surface area contributed by atoms with Crippen molar-refractivity contribution in [3.63, 3.8) is 0 Å². The van der Waals surface area contributed by atoms with Crippen molar-refractivity contribution in [3.05, 3.63) is 59.6 Å². The number of carbonyl (C=O) groups excluding carboxylic acids is 2. The minimum absolute atomic E-state index is 0.166. The predicted molar refractivity (Wildman–Crippen MR) is 80.9 cm³/mol. The van der Waals surface area contributed by atoms with Gasteiger partial charge in [0.1, 0.15) is 11.5 Å². The van der Waals surface area contributed by atoms with E-state index in [-0.39, 0.29) is 11.8 Å². The van der Waals surface area contributed by atoms with Gasteiger partial charge >= 0.3 is 0 Å². The molecule has 108 valence electrons. The third-order valence-corrected chi connectivity index (χ3v) is 2.80. The molecule has 0 aliphatic heterocycles. The summed E-state index contributed by atoms with van der Waals surface area (Å²) in [5.74, 6) is 0.982.